The van der Waals surface area contributed by atoms with Crippen LogP contribution in [0.3, 0.4) is 0 Å². The number of hydrogen-bond acceptors (Lipinski definition) is 5. The van der Waals surface area contributed by atoms with Gasteiger partial charge in [-0.15, -0.1) is 10.2 Å². The van der Waals surface area contributed by atoms with Gasteiger partial charge in [0.1, 0.15) is 0 Å². The van der Waals surface area contributed by atoms with Crippen molar-refractivity contribution < 1.29 is 4.79 Å². The van der Waals surface area contributed by atoms with Crippen LogP contribution in [-0.2, 0) is 11.3 Å². The highest BCUT2D eigenvalue weighted by Crippen LogP contribution is 2.26. The molecule has 1 aliphatic rings. The fourth-order valence-corrected chi connectivity index (χ4v) is 4.38. The van der Waals surface area contributed by atoms with Crippen molar-refractivity contribution >= 4 is 17.7 Å². The van der Waals surface area contributed by atoms with Crippen molar-refractivity contribution in [1.29, 1.82) is 0 Å². The molecular weight excluding hydrogens is 358 g/mol. The molecule has 0 aliphatic carbocycles. The first-order valence-electron chi connectivity index (χ1n) is 9.64. The molecule has 0 N–H and O–H groups in total. The van der Waals surface area contributed by atoms with Gasteiger partial charge >= 0.3 is 0 Å². The second-order valence-electron chi connectivity index (χ2n) is 7.18. The predicted octanol–water partition coefficient (Wildman–Crippen LogP) is 3.05. The second kappa shape index (κ2) is 9.37. The van der Waals surface area contributed by atoms with E-state index in [1.54, 1.807) is 0 Å². The van der Waals surface area contributed by atoms with Crippen LogP contribution in [0.5, 0.6) is 0 Å². The van der Waals surface area contributed by atoms with E-state index in [2.05, 4.69) is 52.8 Å². The van der Waals surface area contributed by atoms with Gasteiger partial charge in [-0.1, -0.05) is 49.0 Å². The fourth-order valence-electron chi connectivity index (χ4n) is 3.53. The number of carbonyl (C=O) groups excluding carboxylic acids is 1. The minimum atomic E-state index is 0.199. The third kappa shape index (κ3) is 4.90. The van der Waals surface area contributed by atoms with Gasteiger partial charge in [-0.3, -0.25) is 9.69 Å². The molecule has 0 spiro atoms. The molecular formula is C20H29N5OS. The smallest absolute Gasteiger partial charge is 0.233 e. The summed E-state index contributed by atoms with van der Waals surface area (Å²) in [5.74, 6) is 1.58. The average molecular weight is 388 g/mol. The van der Waals surface area contributed by atoms with Gasteiger partial charge in [0, 0.05) is 13.1 Å². The van der Waals surface area contributed by atoms with E-state index in [0.29, 0.717) is 12.3 Å². The van der Waals surface area contributed by atoms with Crippen LogP contribution in [0.15, 0.2) is 35.5 Å². The van der Waals surface area contributed by atoms with E-state index in [0.717, 1.165) is 43.3 Å². The highest BCUT2D eigenvalue weighted by Gasteiger charge is 2.24. The van der Waals surface area contributed by atoms with Crippen LogP contribution in [0, 0.1) is 0 Å². The van der Waals surface area contributed by atoms with Gasteiger partial charge in [0.25, 0.3) is 0 Å². The Bertz CT molecular complexity index is 740. The van der Waals surface area contributed by atoms with Gasteiger partial charge in [-0.2, -0.15) is 0 Å². The lowest BCUT2D eigenvalue weighted by molar-refractivity contribution is -0.127. The van der Waals surface area contributed by atoms with E-state index in [9.17, 15) is 4.79 Å². The monoisotopic (exact) mass is 387 g/mol. The zero-order valence-corrected chi connectivity index (χ0v) is 17.3. The van der Waals surface area contributed by atoms with Gasteiger partial charge in [0.2, 0.25) is 5.91 Å². The molecule has 0 unspecified atom stereocenters. The molecule has 2 aromatic rings. The van der Waals surface area contributed by atoms with Crippen molar-refractivity contribution in [3.63, 3.8) is 0 Å². The Morgan fingerprint density at radius 3 is 2.52 bits per heavy atom. The minimum Gasteiger partial charge on any atom is -0.342 e. The Labute approximate surface area is 165 Å². The average Bonchev–Trinajstić information content (AvgIpc) is 3.32. The molecule has 1 aromatic heterocycles. The molecule has 0 bridgehead atoms. The quantitative estimate of drug-likeness (QED) is 0.652. The van der Waals surface area contributed by atoms with Crippen LogP contribution in [0.4, 0.5) is 0 Å². The molecule has 0 radical (unpaired) electrons. The molecule has 1 atom stereocenters. The summed E-state index contributed by atoms with van der Waals surface area (Å²) in [6.45, 7) is 4.66. The zero-order valence-electron chi connectivity index (χ0n) is 16.5. The molecule has 1 saturated heterocycles. The number of hydrogen-bond donors (Lipinski definition) is 0. The van der Waals surface area contributed by atoms with Gasteiger partial charge in [-0.25, -0.2) is 0 Å². The summed E-state index contributed by atoms with van der Waals surface area (Å²) in [4.78, 5) is 16.6. The Morgan fingerprint density at radius 2 is 1.89 bits per heavy atom. The Morgan fingerprint density at radius 1 is 1.19 bits per heavy atom. The topological polar surface area (TPSA) is 54.3 Å². The number of nitrogens with zero attached hydrogens (tertiary/aromatic N) is 5. The van der Waals surface area contributed by atoms with E-state index >= 15 is 0 Å². The summed E-state index contributed by atoms with van der Waals surface area (Å²) < 4.78 is 2.17. The highest BCUT2D eigenvalue weighted by molar-refractivity contribution is 7.99. The molecule has 1 fully saturated rings. The SMILES string of the molecule is CC[C@H](c1nnc(SCC(=O)N2CCCC2)n1Cc1ccccc1)N(C)C. The Balaban J connectivity index is 1.81. The number of benzene rings is 1. The molecule has 1 aromatic carbocycles. The normalized spacial score (nSPS) is 15.5. The lowest BCUT2D eigenvalue weighted by Crippen LogP contribution is -2.29. The molecule has 1 amide bonds. The summed E-state index contributed by atoms with van der Waals surface area (Å²) in [7, 11) is 4.14. The maximum Gasteiger partial charge on any atom is 0.233 e. The minimum absolute atomic E-state index is 0.199. The van der Waals surface area contributed by atoms with Crippen molar-refractivity contribution in [2.45, 2.75) is 43.9 Å². The maximum absolute atomic E-state index is 12.4. The van der Waals surface area contributed by atoms with Crippen molar-refractivity contribution in [3.8, 4) is 0 Å². The van der Waals surface area contributed by atoms with Crippen LogP contribution in [-0.4, -0.2) is 63.4 Å². The molecule has 7 heteroatoms. The summed E-state index contributed by atoms with van der Waals surface area (Å²) in [6.07, 6.45) is 3.19. The zero-order chi connectivity index (χ0) is 19.2. The molecule has 1 aliphatic heterocycles. The number of thioether (sulfide) groups is 1. The van der Waals surface area contributed by atoms with Crippen molar-refractivity contribution in [1.82, 2.24) is 24.6 Å². The largest absolute Gasteiger partial charge is 0.342 e. The fraction of sp³-hybridized carbons (Fsp3) is 0.550. The van der Waals surface area contributed by atoms with E-state index in [1.165, 1.54) is 17.3 Å². The van der Waals surface area contributed by atoms with Gasteiger partial charge in [-0.05, 0) is 38.9 Å². The van der Waals surface area contributed by atoms with Crippen LogP contribution in [0.2, 0.25) is 0 Å². The van der Waals surface area contributed by atoms with Crippen LogP contribution >= 0.6 is 11.8 Å². The third-order valence-electron chi connectivity index (χ3n) is 5.02. The Kier molecular flexibility index (Phi) is 6.90. The van der Waals surface area contributed by atoms with Crippen LogP contribution < -0.4 is 0 Å². The number of rotatable bonds is 8. The van der Waals surface area contributed by atoms with E-state index < -0.39 is 0 Å². The summed E-state index contributed by atoms with van der Waals surface area (Å²) >= 11 is 1.50. The highest BCUT2D eigenvalue weighted by atomic mass is 32.2. The maximum atomic E-state index is 12.4. The van der Waals surface area contributed by atoms with Crippen molar-refractivity contribution in [2.24, 2.45) is 0 Å². The first kappa shape index (κ1) is 19.9. The van der Waals surface area contributed by atoms with Gasteiger partial charge in [0.15, 0.2) is 11.0 Å². The number of likely N-dealkylation sites (tertiary alicyclic amines) is 1. The number of aromatic nitrogens is 3. The van der Waals surface area contributed by atoms with E-state index in [4.69, 9.17) is 0 Å². The second-order valence-corrected chi connectivity index (χ2v) is 8.12. The van der Waals surface area contributed by atoms with E-state index in [-0.39, 0.29) is 11.9 Å². The van der Waals surface area contributed by atoms with Gasteiger partial charge < -0.3 is 9.47 Å². The molecule has 2 heterocycles. The summed E-state index contributed by atoms with van der Waals surface area (Å²) in [5.41, 5.74) is 1.21. The van der Waals surface area contributed by atoms with Crippen LogP contribution in [0.1, 0.15) is 43.6 Å². The van der Waals surface area contributed by atoms with Crippen molar-refractivity contribution in [2.75, 3.05) is 32.9 Å². The number of carbonyl (C=O) groups is 1. The lowest BCUT2D eigenvalue weighted by atomic mass is 10.2. The first-order valence-corrected chi connectivity index (χ1v) is 10.6. The van der Waals surface area contributed by atoms with Crippen molar-refractivity contribution in [3.05, 3.63) is 41.7 Å². The predicted molar refractivity (Wildman–Crippen MR) is 109 cm³/mol. The first-order chi connectivity index (χ1) is 13.1. The molecule has 146 valence electrons. The van der Waals surface area contributed by atoms with Crippen LogP contribution in [0.25, 0.3) is 0 Å². The summed E-state index contributed by atoms with van der Waals surface area (Å²) in [6, 6.07) is 10.5. The third-order valence-corrected chi connectivity index (χ3v) is 5.97. The number of amides is 1. The van der Waals surface area contributed by atoms with E-state index in [1.807, 2.05) is 23.1 Å². The molecule has 3 rings (SSSR count). The molecule has 6 nitrogen and oxygen atoms in total. The molecule has 0 saturated carbocycles. The van der Waals surface area contributed by atoms with Gasteiger partial charge in [0.05, 0.1) is 18.3 Å². The Hall–Kier alpha value is -1.86. The molecule has 27 heavy (non-hydrogen) atoms. The standard InChI is InChI=1S/C20H29N5OS/c1-4-17(23(2)3)19-21-22-20(25(19)14-16-10-6-5-7-11-16)27-15-18(26)24-12-8-9-13-24/h5-7,10-11,17H,4,8-9,12-15H2,1-3H3/t17-/m1/s1. The lowest BCUT2D eigenvalue weighted by Gasteiger charge is -2.23. The summed E-state index contributed by atoms with van der Waals surface area (Å²) in [5, 5.41) is 9.77.